The Kier molecular flexibility index (Phi) is 20.8. The SMILES string of the molecule is CCC(C)(C)CC(CO)OC(O)COC(=O)NCCC(=O)NCCNC(=O)CCOCCOCCNC(=O)CCN1C(=O)C=CC1=O. The lowest BCUT2D eigenvalue weighted by Crippen LogP contribution is -2.37. The molecule has 0 saturated carbocycles. The summed E-state index contributed by atoms with van der Waals surface area (Å²) in [4.78, 5) is 71.3. The van der Waals surface area contributed by atoms with Crippen LogP contribution in [0.2, 0.25) is 0 Å². The highest BCUT2D eigenvalue weighted by molar-refractivity contribution is 6.13. The first-order valence-electron chi connectivity index (χ1n) is 15.7. The molecule has 0 aromatic heterocycles. The molecule has 1 rings (SSSR count). The predicted octanol–water partition coefficient (Wildman–Crippen LogP) is -1.29. The van der Waals surface area contributed by atoms with Gasteiger partial charge in [-0.3, -0.25) is 28.9 Å². The van der Waals surface area contributed by atoms with Crippen LogP contribution in [0.25, 0.3) is 0 Å². The van der Waals surface area contributed by atoms with Crippen LogP contribution in [0.3, 0.4) is 0 Å². The molecule has 17 nitrogen and oxygen atoms in total. The Balaban J connectivity index is 1.95. The molecule has 1 aliphatic rings. The molecule has 17 heteroatoms. The fourth-order valence-electron chi connectivity index (χ4n) is 3.94. The van der Waals surface area contributed by atoms with Crippen LogP contribution in [0.4, 0.5) is 4.79 Å². The number of alkyl carbamates (subject to hydrolysis) is 1. The van der Waals surface area contributed by atoms with Crippen molar-refractivity contribution >= 4 is 35.6 Å². The van der Waals surface area contributed by atoms with Crippen LogP contribution in [0.15, 0.2) is 12.2 Å². The number of nitrogens with zero attached hydrogens (tertiary/aromatic N) is 1. The number of rotatable bonds is 26. The van der Waals surface area contributed by atoms with E-state index in [1.54, 1.807) is 0 Å². The van der Waals surface area contributed by atoms with Gasteiger partial charge in [0.25, 0.3) is 11.8 Å². The fourth-order valence-corrected chi connectivity index (χ4v) is 3.94. The van der Waals surface area contributed by atoms with E-state index in [1.807, 2.05) is 20.8 Å². The minimum Gasteiger partial charge on any atom is -0.444 e. The van der Waals surface area contributed by atoms with Crippen molar-refractivity contribution in [3.05, 3.63) is 12.2 Å². The molecule has 1 heterocycles. The summed E-state index contributed by atoms with van der Waals surface area (Å²) in [7, 11) is 0. The molecule has 268 valence electrons. The first-order valence-corrected chi connectivity index (χ1v) is 15.7. The molecule has 6 amide bonds. The quantitative estimate of drug-likeness (QED) is 0.0358. The summed E-state index contributed by atoms with van der Waals surface area (Å²) in [5, 5.41) is 29.7. The maximum absolute atomic E-state index is 11.9. The van der Waals surface area contributed by atoms with Gasteiger partial charge in [-0.15, -0.1) is 0 Å². The van der Waals surface area contributed by atoms with Gasteiger partial charge in [0, 0.05) is 64.1 Å². The molecule has 0 aromatic rings. The van der Waals surface area contributed by atoms with Crippen LogP contribution >= 0.6 is 0 Å². The first kappa shape index (κ1) is 41.4. The second kappa shape index (κ2) is 23.6. The average Bonchev–Trinajstić information content (AvgIpc) is 3.35. The second-order valence-corrected chi connectivity index (χ2v) is 11.3. The highest BCUT2D eigenvalue weighted by Crippen LogP contribution is 2.27. The maximum atomic E-state index is 11.9. The van der Waals surface area contributed by atoms with Crippen molar-refractivity contribution in [2.75, 3.05) is 72.4 Å². The molecule has 0 aromatic carbocycles. The van der Waals surface area contributed by atoms with Gasteiger partial charge in [-0.2, -0.15) is 0 Å². The van der Waals surface area contributed by atoms with Crippen molar-refractivity contribution in [1.82, 2.24) is 26.2 Å². The molecule has 2 atom stereocenters. The maximum Gasteiger partial charge on any atom is 0.407 e. The molecule has 1 aliphatic heterocycles. The van der Waals surface area contributed by atoms with Gasteiger partial charge in [0.1, 0.15) is 6.61 Å². The van der Waals surface area contributed by atoms with E-state index in [0.717, 1.165) is 23.5 Å². The summed E-state index contributed by atoms with van der Waals surface area (Å²) >= 11 is 0. The van der Waals surface area contributed by atoms with Crippen molar-refractivity contribution in [1.29, 1.82) is 0 Å². The van der Waals surface area contributed by atoms with Gasteiger partial charge < -0.3 is 50.4 Å². The number of aliphatic hydroxyl groups excluding tert-OH is 2. The van der Waals surface area contributed by atoms with Crippen molar-refractivity contribution in [2.45, 2.75) is 65.3 Å². The summed E-state index contributed by atoms with van der Waals surface area (Å²) in [5.41, 5.74) is -0.0833. The normalized spacial score (nSPS) is 14.1. The molecule has 47 heavy (non-hydrogen) atoms. The van der Waals surface area contributed by atoms with Gasteiger partial charge in [0.2, 0.25) is 17.7 Å². The summed E-state index contributed by atoms with van der Waals surface area (Å²) in [6.45, 7) is 6.94. The zero-order valence-corrected chi connectivity index (χ0v) is 27.5. The Labute approximate surface area is 275 Å². The van der Waals surface area contributed by atoms with Crippen molar-refractivity contribution in [2.24, 2.45) is 5.41 Å². The summed E-state index contributed by atoms with van der Waals surface area (Å²) < 4.78 is 20.9. The van der Waals surface area contributed by atoms with E-state index in [9.17, 15) is 39.0 Å². The zero-order valence-electron chi connectivity index (χ0n) is 27.5. The molecular weight excluding hydrogens is 622 g/mol. The van der Waals surface area contributed by atoms with E-state index >= 15 is 0 Å². The van der Waals surface area contributed by atoms with Gasteiger partial charge in [-0.1, -0.05) is 27.2 Å². The summed E-state index contributed by atoms with van der Waals surface area (Å²) in [6.07, 6.45) is 0.984. The summed E-state index contributed by atoms with van der Waals surface area (Å²) in [5.74, 6) is -1.77. The summed E-state index contributed by atoms with van der Waals surface area (Å²) in [6, 6.07) is 0. The van der Waals surface area contributed by atoms with Gasteiger partial charge in [0.05, 0.1) is 39.1 Å². The molecule has 0 aliphatic carbocycles. The van der Waals surface area contributed by atoms with Gasteiger partial charge >= 0.3 is 6.09 Å². The third-order valence-corrected chi connectivity index (χ3v) is 6.92. The number of ether oxygens (including phenoxy) is 4. The van der Waals surface area contributed by atoms with Gasteiger partial charge in [-0.05, 0) is 11.8 Å². The average molecular weight is 674 g/mol. The number of nitrogens with one attached hydrogen (secondary N) is 4. The topological polar surface area (TPSA) is 231 Å². The Morgan fingerprint density at radius 2 is 1.38 bits per heavy atom. The van der Waals surface area contributed by atoms with Crippen molar-refractivity contribution < 1.29 is 57.9 Å². The number of hydrogen-bond acceptors (Lipinski definition) is 12. The molecule has 0 bridgehead atoms. The van der Waals surface area contributed by atoms with E-state index in [4.69, 9.17) is 18.9 Å². The molecule has 0 saturated heterocycles. The van der Waals surface area contributed by atoms with Crippen LogP contribution < -0.4 is 21.3 Å². The minimum atomic E-state index is -1.40. The van der Waals surface area contributed by atoms with E-state index in [2.05, 4.69) is 21.3 Å². The van der Waals surface area contributed by atoms with Crippen molar-refractivity contribution in [3.63, 3.8) is 0 Å². The fraction of sp³-hybridized carbons (Fsp3) is 0.733. The first-order chi connectivity index (χ1) is 22.4. The zero-order chi connectivity index (χ0) is 35.1. The molecule has 0 radical (unpaired) electrons. The van der Waals surface area contributed by atoms with E-state index in [0.29, 0.717) is 6.42 Å². The lowest BCUT2D eigenvalue weighted by atomic mass is 9.84. The Hall–Kier alpha value is -3.64. The highest BCUT2D eigenvalue weighted by Gasteiger charge is 2.25. The number of carbonyl (C=O) groups is 6. The lowest BCUT2D eigenvalue weighted by Gasteiger charge is -2.29. The molecule has 0 spiro atoms. The molecule has 2 unspecified atom stereocenters. The third kappa shape index (κ3) is 20.3. The van der Waals surface area contributed by atoms with E-state index in [1.165, 1.54) is 0 Å². The van der Waals surface area contributed by atoms with Crippen LogP contribution in [-0.2, 0) is 42.9 Å². The van der Waals surface area contributed by atoms with Crippen LogP contribution in [0, 0.1) is 5.41 Å². The van der Waals surface area contributed by atoms with Crippen LogP contribution in [-0.4, -0.2) is 136 Å². The highest BCUT2D eigenvalue weighted by atomic mass is 16.6. The number of carbonyl (C=O) groups excluding carboxylic acids is 6. The Morgan fingerprint density at radius 3 is 2.00 bits per heavy atom. The van der Waals surface area contributed by atoms with E-state index in [-0.39, 0.29) is 108 Å². The number of imide groups is 1. The third-order valence-electron chi connectivity index (χ3n) is 6.92. The monoisotopic (exact) mass is 673 g/mol. The molecule has 6 N–H and O–H groups in total. The Bertz CT molecular complexity index is 1020. The molecule has 0 fully saturated rings. The Morgan fingerprint density at radius 1 is 0.809 bits per heavy atom. The number of aliphatic hydroxyl groups is 2. The second-order valence-electron chi connectivity index (χ2n) is 11.3. The van der Waals surface area contributed by atoms with Gasteiger partial charge in [0.15, 0.2) is 6.29 Å². The minimum absolute atomic E-state index is 0.00299. The van der Waals surface area contributed by atoms with Crippen molar-refractivity contribution in [3.8, 4) is 0 Å². The number of amides is 6. The lowest BCUT2D eigenvalue weighted by molar-refractivity contribution is -0.172. The molecular formula is C30H51N5O12. The standard InChI is InChI=1S/C30H51N5O12/c1-4-30(2,3)19-22(20-36)47-28(42)21-46-29(43)34-10-7-23(37)31-11-12-32-25(39)9-15-44-17-18-45-16-13-33-24(38)8-14-35-26(40)5-6-27(35)41/h5-6,22,28,36,42H,4,7-21H2,1-3H3,(H,31,37)(H,32,39)(H,33,38)(H,34,43). The van der Waals surface area contributed by atoms with Crippen LogP contribution in [0.1, 0.15) is 52.9 Å². The smallest absolute Gasteiger partial charge is 0.407 e. The van der Waals surface area contributed by atoms with E-state index < -0.39 is 36.9 Å². The van der Waals surface area contributed by atoms with Gasteiger partial charge in [-0.25, -0.2) is 4.79 Å². The largest absolute Gasteiger partial charge is 0.444 e. The predicted molar refractivity (Wildman–Crippen MR) is 166 cm³/mol. The number of hydrogen-bond donors (Lipinski definition) is 6. The van der Waals surface area contributed by atoms with Crippen LogP contribution in [0.5, 0.6) is 0 Å².